The Morgan fingerprint density at radius 2 is 1.63 bits per heavy atom. The summed E-state index contributed by atoms with van der Waals surface area (Å²) in [4.78, 5) is 2.22. The van der Waals surface area contributed by atoms with Crippen LogP contribution in [0.3, 0.4) is 0 Å². The maximum absolute atomic E-state index is 3.65. The van der Waals surface area contributed by atoms with Crippen molar-refractivity contribution >= 4 is 0 Å². The van der Waals surface area contributed by atoms with Crippen LogP contribution in [0.25, 0.3) is 0 Å². The molecule has 0 spiro atoms. The summed E-state index contributed by atoms with van der Waals surface area (Å²) in [6.45, 7) is 8.86. The highest BCUT2D eigenvalue weighted by Gasteiger charge is 2.06. The molecule has 2 nitrogen and oxygen atoms in total. The van der Waals surface area contributed by atoms with Gasteiger partial charge in [-0.05, 0) is 50.9 Å². The van der Waals surface area contributed by atoms with E-state index < -0.39 is 0 Å². The van der Waals surface area contributed by atoms with Gasteiger partial charge < -0.3 is 10.2 Å². The Morgan fingerprint density at radius 1 is 1.00 bits per heavy atom. The molecule has 0 heterocycles. The van der Waals surface area contributed by atoms with Crippen molar-refractivity contribution in [2.24, 2.45) is 5.92 Å². The van der Waals surface area contributed by atoms with Gasteiger partial charge in [-0.3, -0.25) is 0 Å². The molecule has 0 bridgehead atoms. The Morgan fingerprint density at radius 3 is 2.21 bits per heavy atom. The van der Waals surface area contributed by atoms with Crippen LogP contribution in [0.1, 0.15) is 44.7 Å². The minimum atomic E-state index is 0.592. The zero-order chi connectivity index (χ0) is 14.3. The molecule has 0 aliphatic heterocycles. The number of rotatable bonds is 8. The van der Waals surface area contributed by atoms with Gasteiger partial charge in [0.05, 0.1) is 0 Å². The molecule has 0 amide bonds. The summed E-state index contributed by atoms with van der Waals surface area (Å²) in [5, 5.41) is 3.65. The highest BCUT2D eigenvalue weighted by atomic mass is 15.0. The topological polar surface area (TPSA) is 15.3 Å². The zero-order valence-corrected chi connectivity index (χ0v) is 13.2. The maximum atomic E-state index is 3.65. The second kappa shape index (κ2) is 8.34. The highest BCUT2D eigenvalue weighted by molar-refractivity contribution is 5.26. The molecule has 0 aromatic heterocycles. The van der Waals surface area contributed by atoms with E-state index >= 15 is 0 Å². The first-order valence-electron chi connectivity index (χ1n) is 7.44. The fourth-order valence-corrected chi connectivity index (χ4v) is 2.19. The molecule has 0 fully saturated rings. The lowest BCUT2D eigenvalue weighted by Gasteiger charge is -2.18. The van der Waals surface area contributed by atoms with E-state index in [1.165, 1.54) is 24.0 Å². The fraction of sp³-hybridized carbons (Fsp3) is 0.647. The first-order chi connectivity index (χ1) is 8.99. The third-order valence-corrected chi connectivity index (χ3v) is 3.42. The lowest BCUT2D eigenvalue weighted by atomic mass is 10.0. The van der Waals surface area contributed by atoms with Gasteiger partial charge >= 0.3 is 0 Å². The maximum Gasteiger partial charge on any atom is 0.0230 e. The van der Waals surface area contributed by atoms with E-state index in [1.54, 1.807) is 0 Å². The lowest BCUT2D eigenvalue weighted by Crippen LogP contribution is -2.26. The van der Waals surface area contributed by atoms with Crippen molar-refractivity contribution in [3.63, 3.8) is 0 Å². The van der Waals surface area contributed by atoms with Crippen LogP contribution in [-0.2, 0) is 13.1 Å². The summed E-state index contributed by atoms with van der Waals surface area (Å²) < 4.78 is 0. The molecule has 108 valence electrons. The molecular formula is C17H30N2. The van der Waals surface area contributed by atoms with Crippen molar-refractivity contribution in [2.45, 2.75) is 52.7 Å². The van der Waals surface area contributed by atoms with Crippen molar-refractivity contribution in [1.29, 1.82) is 0 Å². The summed E-state index contributed by atoms with van der Waals surface area (Å²) in [5.41, 5.74) is 2.85. The van der Waals surface area contributed by atoms with Gasteiger partial charge in [0, 0.05) is 19.1 Å². The number of nitrogens with zero attached hydrogens (tertiary/aromatic N) is 1. The third-order valence-electron chi connectivity index (χ3n) is 3.42. The first-order valence-corrected chi connectivity index (χ1v) is 7.44. The van der Waals surface area contributed by atoms with Crippen LogP contribution < -0.4 is 5.32 Å². The molecule has 1 aromatic rings. The molecule has 19 heavy (non-hydrogen) atoms. The monoisotopic (exact) mass is 262 g/mol. The second-order valence-electron chi connectivity index (χ2n) is 6.26. The molecular weight excluding hydrogens is 232 g/mol. The van der Waals surface area contributed by atoms with Crippen molar-refractivity contribution < 1.29 is 0 Å². The quantitative estimate of drug-likeness (QED) is 0.769. The summed E-state index contributed by atoms with van der Waals surface area (Å²) in [6, 6.07) is 9.32. The average Bonchev–Trinajstić information content (AvgIpc) is 2.34. The SMILES string of the molecule is CC(C)CCC(C)NCc1ccccc1CN(C)C. The van der Waals surface area contributed by atoms with E-state index in [0.717, 1.165) is 19.0 Å². The predicted molar refractivity (Wildman–Crippen MR) is 84.2 cm³/mol. The number of nitrogens with one attached hydrogen (secondary N) is 1. The van der Waals surface area contributed by atoms with E-state index in [2.05, 4.69) is 69.3 Å². The molecule has 1 atom stereocenters. The van der Waals surface area contributed by atoms with Gasteiger partial charge in [-0.15, -0.1) is 0 Å². The zero-order valence-electron chi connectivity index (χ0n) is 13.2. The predicted octanol–water partition coefficient (Wildman–Crippen LogP) is 3.66. The van der Waals surface area contributed by atoms with Gasteiger partial charge in [0.1, 0.15) is 0 Å². The summed E-state index contributed by atoms with van der Waals surface area (Å²) in [5.74, 6) is 0.797. The second-order valence-corrected chi connectivity index (χ2v) is 6.26. The van der Waals surface area contributed by atoms with Gasteiger partial charge in [-0.25, -0.2) is 0 Å². The number of hydrogen-bond donors (Lipinski definition) is 1. The van der Waals surface area contributed by atoms with E-state index in [-0.39, 0.29) is 0 Å². The van der Waals surface area contributed by atoms with Crippen LogP contribution in [0, 0.1) is 5.92 Å². The van der Waals surface area contributed by atoms with Crippen molar-refractivity contribution in [3.8, 4) is 0 Å². The Kier molecular flexibility index (Phi) is 7.11. The molecule has 0 saturated carbocycles. The van der Waals surface area contributed by atoms with Gasteiger partial charge in [0.2, 0.25) is 0 Å². The standard InChI is InChI=1S/C17H30N2/c1-14(2)10-11-15(3)18-12-16-8-6-7-9-17(16)13-19(4)5/h6-9,14-15,18H,10-13H2,1-5H3. The van der Waals surface area contributed by atoms with Crippen molar-refractivity contribution in [2.75, 3.05) is 14.1 Å². The molecule has 0 aliphatic rings. The molecule has 0 aliphatic carbocycles. The van der Waals surface area contributed by atoms with Gasteiger partial charge in [0.25, 0.3) is 0 Å². The van der Waals surface area contributed by atoms with E-state index in [4.69, 9.17) is 0 Å². The Balaban J connectivity index is 2.48. The van der Waals surface area contributed by atoms with Gasteiger partial charge in [0.15, 0.2) is 0 Å². The van der Waals surface area contributed by atoms with Crippen molar-refractivity contribution in [1.82, 2.24) is 10.2 Å². The third kappa shape index (κ3) is 6.74. The molecule has 1 rings (SSSR count). The van der Waals surface area contributed by atoms with Crippen LogP contribution in [0.15, 0.2) is 24.3 Å². The smallest absolute Gasteiger partial charge is 0.0230 e. The summed E-state index contributed by atoms with van der Waals surface area (Å²) in [7, 11) is 4.24. The van der Waals surface area contributed by atoms with Crippen LogP contribution >= 0.6 is 0 Å². The van der Waals surface area contributed by atoms with Crippen molar-refractivity contribution in [3.05, 3.63) is 35.4 Å². The molecule has 1 aromatic carbocycles. The number of hydrogen-bond acceptors (Lipinski definition) is 2. The molecule has 1 N–H and O–H groups in total. The Hall–Kier alpha value is -0.860. The number of benzene rings is 1. The normalized spacial score (nSPS) is 13.2. The minimum absolute atomic E-state index is 0.592. The van der Waals surface area contributed by atoms with E-state index in [0.29, 0.717) is 6.04 Å². The first kappa shape index (κ1) is 16.2. The summed E-state index contributed by atoms with van der Waals surface area (Å²) >= 11 is 0. The Bertz CT molecular complexity index is 358. The Labute approximate surface area is 119 Å². The van der Waals surface area contributed by atoms with Gasteiger partial charge in [-0.1, -0.05) is 38.1 Å². The fourth-order valence-electron chi connectivity index (χ4n) is 2.19. The van der Waals surface area contributed by atoms with E-state index in [9.17, 15) is 0 Å². The largest absolute Gasteiger partial charge is 0.310 e. The molecule has 1 unspecified atom stereocenters. The van der Waals surface area contributed by atoms with E-state index in [1.807, 2.05) is 0 Å². The van der Waals surface area contributed by atoms with Gasteiger partial charge in [-0.2, -0.15) is 0 Å². The van der Waals surface area contributed by atoms with Crippen LogP contribution in [0.5, 0.6) is 0 Å². The minimum Gasteiger partial charge on any atom is -0.310 e. The molecule has 0 radical (unpaired) electrons. The summed E-state index contributed by atoms with van der Waals surface area (Å²) in [6.07, 6.45) is 2.56. The molecule has 0 saturated heterocycles. The average molecular weight is 262 g/mol. The van der Waals surface area contributed by atoms with Crippen LogP contribution in [-0.4, -0.2) is 25.0 Å². The highest BCUT2D eigenvalue weighted by Crippen LogP contribution is 2.12. The van der Waals surface area contributed by atoms with Crippen LogP contribution in [0.4, 0.5) is 0 Å². The van der Waals surface area contributed by atoms with Crippen LogP contribution in [0.2, 0.25) is 0 Å². The lowest BCUT2D eigenvalue weighted by molar-refractivity contribution is 0.398. The molecule has 2 heteroatoms.